The molecule has 1 saturated carbocycles. The number of hydrogen-bond donors (Lipinski definition) is 1. The third-order valence-electron chi connectivity index (χ3n) is 5.44. The van der Waals surface area contributed by atoms with E-state index in [0.29, 0.717) is 33.3 Å². The predicted molar refractivity (Wildman–Crippen MR) is 83.7 cm³/mol. The van der Waals surface area contributed by atoms with Crippen molar-refractivity contribution in [3.8, 4) is 11.4 Å². The van der Waals surface area contributed by atoms with E-state index in [1.807, 2.05) is 16.8 Å². The molecule has 0 radical (unpaired) electrons. The fourth-order valence-electron chi connectivity index (χ4n) is 3.20. The first kappa shape index (κ1) is 14.3. The Balaban J connectivity index is 1.92. The van der Waals surface area contributed by atoms with Crippen LogP contribution in [0.3, 0.4) is 0 Å². The number of nitrogen functional groups attached to an aromatic ring is 1. The van der Waals surface area contributed by atoms with Crippen LogP contribution in [-0.4, -0.2) is 20.2 Å². The molecule has 2 aromatic rings. The molecule has 0 atom stereocenters. The van der Waals surface area contributed by atoms with Gasteiger partial charge < -0.3 is 5.73 Å². The normalized spacial score (nSPS) is 19.7. The second-order valence-electron chi connectivity index (χ2n) is 6.92. The summed E-state index contributed by atoms with van der Waals surface area (Å²) in [6.07, 6.45) is 0. The van der Waals surface area contributed by atoms with Gasteiger partial charge in [-0.3, -0.25) is 0 Å². The first-order valence-corrected chi connectivity index (χ1v) is 7.44. The standard InChI is InChI=1S/C15H20ClN5/c1-14(2)12(15(14,3)4)8-21-13(18-19-20-21)10-6-5-9(17)7-11(10)16/h5-7,12H,8,17H2,1-4H3. The van der Waals surface area contributed by atoms with Crippen LogP contribution in [0.15, 0.2) is 18.2 Å². The van der Waals surface area contributed by atoms with E-state index in [0.717, 1.165) is 12.1 Å². The first-order chi connectivity index (χ1) is 9.75. The maximum absolute atomic E-state index is 6.27. The molecule has 1 aliphatic carbocycles. The van der Waals surface area contributed by atoms with E-state index in [1.165, 1.54) is 0 Å². The predicted octanol–water partition coefficient (Wildman–Crippen LogP) is 3.26. The molecular weight excluding hydrogens is 286 g/mol. The number of aromatic nitrogens is 4. The minimum atomic E-state index is 0.293. The van der Waals surface area contributed by atoms with Gasteiger partial charge in [-0.1, -0.05) is 39.3 Å². The van der Waals surface area contributed by atoms with Gasteiger partial charge in [-0.25, -0.2) is 4.68 Å². The Morgan fingerprint density at radius 3 is 2.48 bits per heavy atom. The van der Waals surface area contributed by atoms with Crippen molar-refractivity contribution in [1.29, 1.82) is 0 Å². The Labute approximate surface area is 129 Å². The highest BCUT2D eigenvalue weighted by Crippen LogP contribution is 2.68. The lowest BCUT2D eigenvalue weighted by Gasteiger charge is -2.08. The smallest absolute Gasteiger partial charge is 0.183 e. The molecule has 1 aromatic carbocycles. The summed E-state index contributed by atoms with van der Waals surface area (Å²) in [7, 11) is 0. The van der Waals surface area contributed by atoms with Crippen molar-refractivity contribution >= 4 is 17.3 Å². The summed E-state index contributed by atoms with van der Waals surface area (Å²) >= 11 is 6.27. The van der Waals surface area contributed by atoms with E-state index in [4.69, 9.17) is 17.3 Å². The highest BCUT2D eigenvalue weighted by Gasteiger charge is 2.64. The summed E-state index contributed by atoms with van der Waals surface area (Å²) in [6.45, 7) is 9.95. The van der Waals surface area contributed by atoms with Gasteiger partial charge in [0.25, 0.3) is 0 Å². The Bertz CT molecular complexity index is 675. The molecule has 0 spiro atoms. The van der Waals surface area contributed by atoms with Crippen LogP contribution in [0.4, 0.5) is 5.69 Å². The SMILES string of the molecule is CC1(C)C(Cn2nnnc2-c2ccc(N)cc2Cl)C1(C)C. The molecule has 3 rings (SSSR count). The fraction of sp³-hybridized carbons (Fsp3) is 0.533. The monoisotopic (exact) mass is 305 g/mol. The van der Waals surface area contributed by atoms with Gasteiger partial charge in [-0.2, -0.15) is 0 Å². The number of anilines is 1. The molecule has 2 N–H and O–H groups in total. The maximum Gasteiger partial charge on any atom is 0.183 e. The molecule has 1 heterocycles. The van der Waals surface area contributed by atoms with Crippen LogP contribution in [-0.2, 0) is 6.54 Å². The average molecular weight is 306 g/mol. The second kappa shape index (κ2) is 4.44. The second-order valence-corrected chi connectivity index (χ2v) is 7.33. The van der Waals surface area contributed by atoms with Gasteiger partial charge in [0.05, 0.1) is 5.02 Å². The van der Waals surface area contributed by atoms with E-state index >= 15 is 0 Å². The number of nitrogens with two attached hydrogens (primary N) is 1. The lowest BCUT2D eigenvalue weighted by atomic mass is 10.0. The molecule has 0 amide bonds. The van der Waals surface area contributed by atoms with Gasteiger partial charge >= 0.3 is 0 Å². The minimum absolute atomic E-state index is 0.293. The highest BCUT2D eigenvalue weighted by atomic mass is 35.5. The summed E-state index contributed by atoms with van der Waals surface area (Å²) in [5.41, 5.74) is 7.77. The van der Waals surface area contributed by atoms with Gasteiger partial charge in [-0.15, -0.1) is 5.10 Å². The molecule has 1 aliphatic rings. The van der Waals surface area contributed by atoms with Crippen molar-refractivity contribution in [3.05, 3.63) is 23.2 Å². The van der Waals surface area contributed by atoms with Gasteiger partial charge in [-0.05, 0) is 45.4 Å². The lowest BCUT2D eigenvalue weighted by Crippen LogP contribution is -2.08. The van der Waals surface area contributed by atoms with E-state index in [-0.39, 0.29) is 0 Å². The van der Waals surface area contributed by atoms with Crippen LogP contribution < -0.4 is 5.73 Å². The Morgan fingerprint density at radius 2 is 1.90 bits per heavy atom. The fourth-order valence-corrected chi connectivity index (χ4v) is 3.47. The molecule has 1 fully saturated rings. The zero-order valence-corrected chi connectivity index (χ0v) is 13.5. The summed E-state index contributed by atoms with van der Waals surface area (Å²) < 4.78 is 1.85. The van der Waals surface area contributed by atoms with Gasteiger partial charge in [0.1, 0.15) is 0 Å². The molecule has 5 nitrogen and oxygen atoms in total. The van der Waals surface area contributed by atoms with E-state index in [2.05, 4.69) is 43.2 Å². The molecule has 1 aromatic heterocycles. The molecule has 112 valence electrons. The van der Waals surface area contributed by atoms with E-state index in [9.17, 15) is 0 Å². The zero-order valence-electron chi connectivity index (χ0n) is 12.8. The molecule has 21 heavy (non-hydrogen) atoms. The third-order valence-corrected chi connectivity index (χ3v) is 5.75. The van der Waals surface area contributed by atoms with Crippen LogP contribution in [0.25, 0.3) is 11.4 Å². The Morgan fingerprint density at radius 1 is 1.24 bits per heavy atom. The maximum atomic E-state index is 6.27. The number of rotatable bonds is 3. The number of benzene rings is 1. The minimum Gasteiger partial charge on any atom is -0.399 e. The number of nitrogens with zero attached hydrogens (tertiary/aromatic N) is 4. The van der Waals surface area contributed by atoms with E-state index < -0.39 is 0 Å². The van der Waals surface area contributed by atoms with Crippen molar-refractivity contribution in [2.75, 3.05) is 5.73 Å². The van der Waals surface area contributed by atoms with Crippen molar-refractivity contribution in [1.82, 2.24) is 20.2 Å². The Hall–Kier alpha value is -1.62. The molecule has 0 saturated heterocycles. The molecule has 0 bridgehead atoms. The molecule has 0 aliphatic heterocycles. The number of tetrazole rings is 1. The molecular formula is C15H20ClN5. The lowest BCUT2D eigenvalue weighted by molar-refractivity contribution is 0.457. The molecule has 0 unspecified atom stereocenters. The first-order valence-electron chi connectivity index (χ1n) is 7.06. The number of hydrogen-bond acceptors (Lipinski definition) is 4. The van der Waals surface area contributed by atoms with Crippen LogP contribution in [0, 0.1) is 16.7 Å². The average Bonchev–Trinajstić information content (AvgIpc) is 2.73. The van der Waals surface area contributed by atoms with Crippen molar-refractivity contribution in [2.45, 2.75) is 34.2 Å². The van der Waals surface area contributed by atoms with E-state index in [1.54, 1.807) is 6.07 Å². The van der Waals surface area contributed by atoms with Gasteiger partial charge in [0, 0.05) is 17.8 Å². The topological polar surface area (TPSA) is 69.6 Å². The van der Waals surface area contributed by atoms with Gasteiger partial charge in [0.15, 0.2) is 5.82 Å². The van der Waals surface area contributed by atoms with Crippen molar-refractivity contribution < 1.29 is 0 Å². The zero-order chi connectivity index (χ0) is 15.4. The quantitative estimate of drug-likeness (QED) is 0.884. The summed E-state index contributed by atoms with van der Waals surface area (Å²) in [6, 6.07) is 5.40. The van der Waals surface area contributed by atoms with Gasteiger partial charge in [0.2, 0.25) is 0 Å². The summed E-state index contributed by atoms with van der Waals surface area (Å²) in [5.74, 6) is 1.23. The highest BCUT2D eigenvalue weighted by molar-refractivity contribution is 6.33. The largest absolute Gasteiger partial charge is 0.399 e. The van der Waals surface area contributed by atoms with Crippen LogP contribution >= 0.6 is 11.6 Å². The summed E-state index contributed by atoms with van der Waals surface area (Å²) in [4.78, 5) is 0. The van der Waals surface area contributed by atoms with Crippen LogP contribution in [0.5, 0.6) is 0 Å². The summed E-state index contributed by atoms with van der Waals surface area (Å²) in [5, 5.41) is 12.6. The van der Waals surface area contributed by atoms with Crippen LogP contribution in [0.2, 0.25) is 5.02 Å². The Kier molecular flexibility index (Phi) is 3.03. The van der Waals surface area contributed by atoms with Crippen LogP contribution in [0.1, 0.15) is 27.7 Å². The number of halogens is 1. The molecule has 6 heteroatoms. The third kappa shape index (κ3) is 2.11. The van der Waals surface area contributed by atoms with Crippen molar-refractivity contribution in [3.63, 3.8) is 0 Å². The van der Waals surface area contributed by atoms with Crippen molar-refractivity contribution in [2.24, 2.45) is 16.7 Å².